The first kappa shape index (κ1) is 36.8. The number of fused-ring (bicyclic) bond motifs is 3. The minimum atomic E-state index is -1.23. The average molecular weight is 702 g/mol. The Morgan fingerprint density at radius 2 is 1.86 bits per heavy atom. The molecule has 3 aliphatic heterocycles. The van der Waals surface area contributed by atoms with E-state index in [1.807, 2.05) is 53.7 Å². The van der Waals surface area contributed by atoms with Crippen LogP contribution >= 0.6 is 12.2 Å². The number of benzene rings is 1. The molecule has 1 aliphatic carbocycles. The number of aryl methyl sites for hydroxylation is 1. The van der Waals surface area contributed by atoms with E-state index in [1.165, 1.54) is 10.5 Å². The second-order valence-corrected chi connectivity index (χ2v) is 16.2. The van der Waals surface area contributed by atoms with Crippen LogP contribution < -0.4 is 15.4 Å². The van der Waals surface area contributed by atoms with Crippen LogP contribution in [0.25, 0.3) is 0 Å². The highest BCUT2D eigenvalue weighted by Crippen LogP contribution is 2.46. The van der Waals surface area contributed by atoms with E-state index in [9.17, 15) is 28.5 Å². The predicted molar refractivity (Wildman–Crippen MR) is 183 cm³/mol. The Balaban J connectivity index is 1.44. The number of hydrogen-bond acceptors (Lipinski definition) is 9. The molecule has 4 bridgehead atoms. The van der Waals surface area contributed by atoms with Crippen molar-refractivity contribution in [2.75, 3.05) is 13.2 Å². The SMILES string of the molecule is CCC1C[C@]1(NC(=O)[C@@H]1C[C@@H]2CN1C(=O)C(C(C)(C)C)NC(=O)OCC(C)(C)CCCCc1cccc3c1CN(C3)C(=O)O2)C(=O)NSO. The van der Waals surface area contributed by atoms with E-state index in [0.29, 0.717) is 25.9 Å². The lowest BCUT2D eigenvalue weighted by molar-refractivity contribution is -0.143. The van der Waals surface area contributed by atoms with Crippen molar-refractivity contribution in [3.05, 3.63) is 34.9 Å². The lowest BCUT2D eigenvalue weighted by Crippen LogP contribution is -2.59. The van der Waals surface area contributed by atoms with Gasteiger partial charge in [0.1, 0.15) is 36.0 Å². The van der Waals surface area contributed by atoms with Gasteiger partial charge in [0.15, 0.2) is 0 Å². The van der Waals surface area contributed by atoms with E-state index in [2.05, 4.69) is 21.4 Å². The summed E-state index contributed by atoms with van der Waals surface area (Å²) in [7, 11) is 0. The lowest BCUT2D eigenvalue weighted by Gasteiger charge is -2.35. The molecule has 0 spiro atoms. The second-order valence-electron chi connectivity index (χ2n) is 15.8. The number of carbonyl (C=O) groups is 5. The molecule has 5 atom stereocenters. The number of cyclic esters (lactones) is 1. The van der Waals surface area contributed by atoms with E-state index >= 15 is 0 Å². The number of carbonyl (C=O) groups excluding carboxylic acids is 5. The van der Waals surface area contributed by atoms with Gasteiger partial charge in [-0.25, -0.2) is 9.59 Å². The van der Waals surface area contributed by atoms with E-state index in [0.717, 1.165) is 36.8 Å². The molecule has 2 fully saturated rings. The van der Waals surface area contributed by atoms with Gasteiger partial charge >= 0.3 is 12.2 Å². The molecule has 1 aromatic carbocycles. The van der Waals surface area contributed by atoms with Crippen LogP contribution in [0.3, 0.4) is 0 Å². The number of hydrogen-bond donors (Lipinski definition) is 4. The van der Waals surface area contributed by atoms with Crippen molar-refractivity contribution in [3.63, 3.8) is 0 Å². The predicted octanol–water partition coefficient (Wildman–Crippen LogP) is 4.52. The van der Waals surface area contributed by atoms with Crippen molar-refractivity contribution in [1.29, 1.82) is 0 Å². The molecule has 5 amide bonds. The van der Waals surface area contributed by atoms with Gasteiger partial charge in [-0.2, -0.15) is 0 Å². The molecular weight excluding hydrogens is 650 g/mol. The Labute approximate surface area is 292 Å². The molecular formula is C35H51N5O8S. The third-order valence-corrected chi connectivity index (χ3v) is 10.7. The minimum absolute atomic E-state index is 0.00803. The van der Waals surface area contributed by atoms with Crippen LogP contribution in [0.2, 0.25) is 0 Å². The summed E-state index contributed by atoms with van der Waals surface area (Å²) in [4.78, 5) is 71.1. The average Bonchev–Trinajstić information content (AvgIpc) is 3.34. The number of rotatable bonds is 5. The first-order chi connectivity index (χ1) is 23.1. The normalized spacial score (nSPS) is 29.0. The fraction of sp³-hybridized carbons (Fsp3) is 0.686. The van der Waals surface area contributed by atoms with Crippen LogP contribution in [0.4, 0.5) is 9.59 Å². The lowest BCUT2D eigenvalue weighted by atomic mass is 9.85. The highest BCUT2D eigenvalue weighted by Gasteiger charge is 2.61. The molecule has 0 aromatic heterocycles. The highest BCUT2D eigenvalue weighted by molar-refractivity contribution is 7.92. The van der Waals surface area contributed by atoms with Crippen LogP contribution in [0, 0.1) is 16.7 Å². The molecule has 5 rings (SSSR count). The van der Waals surface area contributed by atoms with Gasteiger partial charge in [0.25, 0.3) is 5.91 Å². The number of ether oxygens (including phenoxy) is 2. The Hall–Kier alpha value is -3.52. The quantitative estimate of drug-likeness (QED) is 0.255. The summed E-state index contributed by atoms with van der Waals surface area (Å²) in [5, 5.41) is 5.63. The zero-order chi connectivity index (χ0) is 35.7. The fourth-order valence-electron chi connectivity index (χ4n) is 7.42. The summed E-state index contributed by atoms with van der Waals surface area (Å²) in [6, 6.07) is 3.98. The molecule has 3 heterocycles. The van der Waals surface area contributed by atoms with E-state index in [-0.39, 0.29) is 43.1 Å². The zero-order valence-corrected chi connectivity index (χ0v) is 30.2. The summed E-state index contributed by atoms with van der Waals surface area (Å²) in [5.41, 5.74) is 1.10. The smallest absolute Gasteiger partial charge is 0.410 e. The van der Waals surface area contributed by atoms with Gasteiger partial charge in [0.2, 0.25) is 11.8 Å². The summed E-state index contributed by atoms with van der Waals surface area (Å²) in [6.45, 7) is 12.3. The molecule has 49 heavy (non-hydrogen) atoms. The van der Waals surface area contributed by atoms with Gasteiger partial charge < -0.3 is 29.6 Å². The Kier molecular flexibility index (Phi) is 10.8. The topological polar surface area (TPSA) is 167 Å². The third-order valence-electron chi connectivity index (χ3n) is 10.5. The van der Waals surface area contributed by atoms with Crippen molar-refractivity contribution >= 4 is 42.1 Å². The van der Waals surface area contributed by atoms with Crippen molar-refractivity contribution in [1.82, 2.24) is 25.2 Å². The van der Waals surface area contributed by atoms with Crippen LogP contribution in [-0.4, -0.2) is 81.1 Å². The summed E-state index contributed by atoms with van der Waals surface area (Å²) in [5.74, 6) is -1.78. The van der Waals surface area contributed by atoms with Gasteiger partial charge in [-0.3, -0.25) is 24.0 Å². The van der Waals surface area contributed by atoms with Crippen molar-refractivity contribution < 1.29 is 38.0 Å². The maximum absolute atomic E-state index is 14.4. The summed E-state index contributed by atoms with van der Waals surface area (Å²) < 4.78 is 23.2. The van der Waals surface area contributed by atoms with Gasteiger partial charge in [0.05, 0.1) is 13.2 Å². The maximum atomic E-state index is 14.4. The molecule has 2 unspecified atom stereocenters. The van der Waals surface area contributed by atoms with Gasteiger partial charge in [-0.05, 0) is 59.1 Å². The first-order valence-electron chi connectivity index (χ1n) is 17.3. The summed E-state index contributed by atoms with van der Waals surface area (Å²) >= 11 is 0.164. The van der Waals surface area contributed by atoms with Crippen molar-refractivity contribution in [3.8, 4) is 0 Å². The third kappa shape index (κ3) is 8.11. The molecule has 14 heteroatoms. The Morgan fingerprint density at radius 1 is 1.12 bits per heavy atom. The standard InChI is InChI=1S/C35H51N5O8S/c1-7-23-16-35(23,30(43)38-49-46)37-28(41)26-15-24-18-40(26)29(42)27(33(2,3)4)36-31(44)47-20-34(5,6)14-9-8-11-21-12-10-13-22-17-39(19-25(21)22)32(45)48-24/h10,12-13,23-24,26-27,46H,7-9,11,14-20H2,1-6H3,(H,36,44)(H,37,41)(H,38,43)/t23?,24-,26+,27?,35-/m1/s1. The first-order valence-corrected chi connectivity index (χ1v) is 18.1. The molecule has 13 nitrogen and oxygen atoms in total. The van der Waals surface area contributed by atoms with Crippen LogP contribution in [0.15, 0.2) is 18.2 Å². The molecule has 0 radical (unpaired) electrons. The number of amides is 5. The molecule has 270 valence electrons. The molecule has 1 saturated carbocycles. The van der Waals surface area contributed by atoms with Crippen molar-refractivity contribution in [2.45, 2.75) is 123 Å². The van der Waals surface area contributed by atoms with E-state index in [4.69, 9.17) is 9.47 Å². The number of nitrogens with one attached hydrogen (secondary N) is 3. The van der Waals surface area contributed by atoms with Gasteiger partial charge in [0, 0.05) is 19.5 Å². The highest BCUT2D eigenvalue weighted by atomic mass is 32.2. The van der Waals surface area contributed by atoms with E-state index < -0.39 is 59.0 Å². The van der Waals surface area contributed by atoms with Crippen molar-refractivity contribution in [2.24, 2.45) is 16.7 Å². The number of nitrogens with zero attached hydrogens (tertiary/aromatic N) is 2. The van der Waals surface area contributed by atoms with E-state index in [1.54, 1.807) is 4.90 Å². The minimum Gasteiger partial charge on any atom is -0.449 e. The monoisotopic (exact) mass is 701 g/mol. The Morgan fingerprint density at radius 3 is 2.53 bits per heavy atom. The molecule has 1 saturated heterocycles. The fourth-order valence-corrected chi connectivity index (χ4v) is 7.68. The molecule has 4 N–H and O–H groups in total. The van der Waals surface area contributed by atoms with Gasteiger partial charge in [-0.1, -0.05) is 72.6 Å². The van der Waals surface area contributed by atoms with Crippen LogP contribution in [0.1, 0.15) is 96.8 Å². The summed E-state index contributed by atoms with van der Waals surface area (Å²) in [6.07, 6.45) is 2.49. The number of alkyl carbamates (subject to hydrolysis) is 1. The molecule has 4 aliphatic rings. The maximum Gasteiger partial charge on any atom is 0.410 e. The Bertz CT molecular complexity index is 1460. The largest absolute Gasteiger partial charge is 0.449 e. The van der Waals surface area contributed by atoms with Crippen LogP contribution in [0.5, 0.6) is 0 Å². The van der Waals surface area contributed by atoms with Crippen LogP contribution in [-0.2, 0) is 43.4 Å². The second kappa shape index (κ2) is 14.4. The van der Waals surface area contributed by atoms with Gasteiger partial charge in [-0.15, -0.1) is 0 Å². The zero-order valence-electron chi connectivity index (χ0n) is 29.4. The molecule has 1 aromatic rings.